The highest BCUT2D eigenvalue weighted by Gasteiger charge is 2.32. The number of furan rings is 1. The van der Waals surface area contributed by atoms with Crippen LogP contribution in [0.25, 0.3) is 17.4 Å². The van der Waals surface area contributed by atoms with Crippen LogP contribution in [0.1, 0.15) is 12.7 Å². The van der Waals surface area contributed by atoms with Crippen LogP contribution >= 0.6 is 11.6 Å². The van der Waals surface area contributed by atoms with Crippen LogP contribution < -0.4 is 5.32 Å². The van der Waals surface area contributed by atoms with Gasteiger partial charge < -0.3 is 9.73 Å². The summed E-state index contributed by atoms with van der Waals surface area (Å²) in [6.45, 7) is 1.94. The van der Waals surface area contributed by atoms with Crippen LogP contribution in [-0.4, -0.2) is 28.3 Å². The molecule has 2 aromatic rings. The lowest BCUT2D eigenvalue weighted by molar-refractivity contribution is -0.384. The van der Waals surface area contributed by atoms with E-state index in [0.29, 0.717) is 0 Å². The van der Waals surface area contributed by atoms with E-state index in [0.717, 1.165) is 4.90 Å². The van der Waals surface area contributed by atoms with Crippen molar-refractivity contribution in [2.24, 2.45) is 0 Å². The number of rotatable bonds is 4. The Morgan fingerprint density at radius 2 is 2.08 bits per heavy atom. The molecule has 3 amide bonds. The van der Waals surface area contributed by atoms with Gasteiger partial charge in [-0.25, -0.2) is 4.79 Å². The molecule has 0 saturated carbocycles. The second kappa shape index (κ2) is 6.40. The molecule has 0 bridgehead atoms. The number of nitro benzene ring substituents is 1. The third-order valence-corrected chi connectivity index (χ3v) is 3.85. The Labute approximate surface area is 146 Å². The molecular formula is C16H12ClN3O5. The van der Waals surface area contributed by atoms with Crippen molar-refractivity contribution in [1.29, 1.82) is 0 Å². The Morgan fingerprint density at radius 1 is 1.32 bits per heavy atom. The molecule has 0 radical (unpaired) electrons. The third-order valence-electron chi connectivity index (χ3n) is 3.61. The molecule has 8 nitrogen and oxygen atoms in total. The zero-order valence-corrected chi connectivity index (χ0v) is 13.7. The van der Waals surface area contributed by atoms with E-state index in [1.54, 1.807) is 19.1 Å². The second-order valence-corrected chi connectivity index (χ2v) is 5.59. The van der Waals surface area contributed by atoms with Crippen molar-refractivity contribution >= 4 is 35.3 Å². The number of amides is 3. The Hall–Kier alpha value is -3.13. The van der Waals surface area contributed by atoms with E-state index in [2.05, 4.69) is 5.32 Å². The standard InChI is InChI=1S/C16H12ClN3O5/c1-2-19-15(21)12(18-16(19)22)8-10-4-6-14(25-10)11-5-3-9(17)7-13(11)20(23)24/h3-8H,2H2,1H3,(H,18,22)/b12-8+. The van der Waals surface area contributed by atoms with Gasteiger partial charge in [-0.15, -0.1) is 0 Å². The maximum atomic E-state index is 12.0. The number of carbonyl (C=O) groups excluding carboxylic acids is 2. The van der Waals surface area contributed by atoms with E-state index in [1.165, 1.54) is 24.3 Å². The summed E-state index contributed by atoms with van der Waals surface area (Å²) in [5.74, 6) is 0.0723. The molecule has 25 heavy (non-hydrogen) atoms. The maximum absolute atomic E-state index is 12.0. The molecule has 3 rings (SSSR count). The van der Waals surface area contributed by atoms with E-state index in [4.69, 9.17) is 16.0 Å². The fourth-order valence-electron chi connectivity index (χ4n) is 2.44. The number of nitrogens with zero attached hydrogens (tertiary/aromatic N) is 2. The Balaban J connectivity index is 1.95. The molecule has 1 N–H and O–H groups in total. The number of nitro groups is 1. The summed E-state index contributed by atoms with van der Waals surface area (Å²) in [5.41, 5.74) is 0.151. The minimum Gasteiger partial charge on any atom is -0.456 e. The molecule has 1 aromatic heterocycles. The summed E-state index contributed by atoms with van der Waals surface area (Å²) in [6.07, 6.45) is 1.38. The summed E-state index contributed by atoms with van der Waals surface area (Å²) < 4.78 is 5.57. The maximum Gasteiger partial charge on any atom is 0.328 e. The van der Waals surface area contributed by atoms with Crippen LogP contribution in [-0.2, 0) is 4.79 Å². The molecule has 1 aliphatic heterocycles. The first-order valence-corrected chi connectivity index (χ1v) is 7.67. The van der Waals surface area contributed by atoms with E-state index < -0.39 is 16.9 Å². The molecule has 1 saturated heterocycles. The molecule has 1 fully saturated rings. The topological polar surface area (TPSA) is 106 Å². The van der Waals surface area contributed by atoms with E-state index in [-0.39, 0.29) is 40.0 Å². The van der Waals surface area contributed by atoms with Gasteiger partial charge in [0.15, 0.2) is 0 Å². The number of hydrogen-bond donors (Lipinski definition) is 1. The van der Waals surface area contributed by atoms with E-state index in [1.807, 2.05) is 0 Å². The highest BCUT2D eigenvalue weighted by molar-refractivity contribution is 6.30. The Morgan fingerprint density at radius 3 is 2.72 bits per heavy atom. The summed E-state index contributed by atoms with van der Waals surface area (Å²) in [6, 6.07) is 6.83. The fraction of sp³-hybridized carbons (Fsp3) is 0.125. The molecule has 2 heterocycles. The second-order valence-electron chi connectivity index (χ2n) is 5.16. The monoisotopic (exact) mass is 361 g/mol. The Kier molecular flexibility index (Phi) is 4.28. The van der Waals surface area contributed by atoms with Crippen molar-refractivity contribution in [3.8, 4) is 11.3 Å². The summed E-state index contributed by atoms with van der Waals surface area (Å²) in [7, 11) is 0. The zero-order chi connectivity index (χ0) is 18.1. The highest BCUT2D eigenvalue weighted by atomic mass is 35.5. The average Bonchev–Trinajstić information content (AvgIpc) is 3.12. The van der Waals surface area contributed by atoms with Gasteiger partial charge in [0, 0.05) is 23.7 Å². The summed E-state index contributed by atoms with van der Waals surface area (Å²) in [4.78, 5) is 35.3. The smallest absolute Gasteiger partial charge is 0.328 e. The number of nitrogens with one attached hydrogen (secondary N) is 1. The lowest BCUT2D eigenvalue weighted by atomic mass is 10.1. The van der Waals surface area contributed by atoms with Gasteiger partial charge in [-0.3, -0.25) is 19.8 Å². The lowest BCUT2D eigenvalue weighted by Crippen LogP contribution is -2.30. The first-order valence-electron chi connectivity index (χ1n) is 7.29. The zero-order valence-electron chi connectivity index (χ0n) is 13.0. The van der Waals surface area contributed by atoms with Crippen LogP contribution in [0.5, 0.6) is 0 Å². The molecule has 0 unspecified atom stereocenters. The van der Waals surface area contributed by atoms with Gasteiger partial charge in [0.05, 0.1) is 10.5 Å². The fourth-order valence-corrected chi connectivity index (χ4v) is 2.61. The van der Waals surface area contributed by atoms with E-state index in [9.17, 15) is 19.7 Å². The molecular weight excluding hydrogens is 350 g/mol. The number of hydrogen-bond acceptors (Lipinski definition) is 5. The highest BCUT2D eigenvalue weighted by Crippen LogP contribution is 2.33. The van der Waals surface area contributed by atoms with Gasteiger partial charge in [0.2, 0.25) is 0 Å². The van der Waals surface area contributed by atoms with Gasteiger partial charge in [0.1, 0.15) is 17.2 Å². The molecule has 0 aliphatic carbocycles. The molecule has 0 atom stereocenters. The number of imide groups is 1. The van der Waals surface area contributed by atoms with Gasteiger partial charge >= 0.3 is 6.03 Å². The number of urea groups is 1. The minimum atomic E-state index is -0.554. The number of benzene rings is 1. The number of likely N-dealkylation sites (N-methyl/N-ethyl adjacent to an activating group) is 1. The predicted molar refractivity (Wildman–Crippen MR) is 89.7 cm³/mol. The Bertz CT molecular complexity index is 918. The first kappa shape index (κ1) is 16.7. The van der Waals surface area contributed by atoms with Gasteiger partial charge in [-0.1, -0.05) is 11.6 Å². The summed E-state index contributed by atoms with van der Waals surface area (Å²) >= 11 is 5.80. The number of halogens is 1. The normalized spacial score (nSPS) is 15.8. The van der Waals surface area contributed by atoms with Crippen LogP contribution in [0.3, 0.4) is 0 Å². The van der Waals surface area contributed by atoms with Crippen molar-refractivity contribution in [2.45, 2.75) is 6.92 Å². The third kappa shape index (κ3) is 3.11. The largest absolute Gasteiger partial charge is 0.456 e. The van der Waals surface area contributed by atoms with Crippen molar-refractivity contribution in [2.75, 3.05) is 6.54 Å². The van der Waals surface area contributed by atoms with Crippen molar-refractivity contribution in [3.05, 3.63) is 56.9 Å². The van der Waals surface area contributed by atoms with Gasteiger partial charge in [0.25, 0.3) is 11.6 Å². The minimum absolute atomic E-state index is 0.0818. The van der Waals surface area contributed by atoms with Crippen LogP contribution in [0.4, 0.5) is 10.5 Å². The van der Waals surface area contributed by atoms with Crippen LogP contribution in [0.15, 0.2) is 40.4 Å². The number of carbonyl (C=O) groups is 2. The molecule has 128 valence electrons. The average molecular weight is 362 g/mol. The van der Waals surface area contributed by atoms with Crippen molar-refractivity contribution in [1.82, 2.24) is 10.2 Å². The SMILES string of the molecule is CCN1C(=O)N/C(=C/c2ccc(-c3ccc(Cl)cc3[N+](=O)[O-])o2)C1=O. The molecule has 1 aliphatic rings. The van der Waals surface area contributed by atoms with Crippen LogP contribution in [0, 0.1) is 10.1 Å². The van der Waals surface area contributed by atoms with Crippen molar-refractivity contribution in [3.63, 3.8) is 0 Å². The molecule has 0 spiro atoms. The van der Waals surface area contributed by atoms with Gasteiger partial charge in [-0.05, 0) is 31.2 Å². The predicted octanol–water partition coefficient (Wildman–Crippen LogP) is 3.42. The van der Waals surface area contributed by atoms with Crippen molar-refractivity contribution < 1.29 is 18.9 Å². The quantitative estimate of drug-likeness (QED) is 0.388. The first-order chi connectivity index (χ1) is 11.9. The van der Waals surface area contributed by atoms with Crippen LogP contribution in [0.2, 0.25) is 5.02 Å². The lowest BCUT2D eigenvalue weighted by Gasteiger charge is -2.05. The van der Waals surface area contributed by atoms with E-state index >= 15 is 0 Å². The molecule has 9 heteroatoms. The van der Waals surface area contributed by atoms with Gasteiger partial charge in [-0.2, -0.15) is 0 Å². The summed E-state index contributed by atoms with van der Waals surface area (Å²) in [5, 5.41) is 13.9. The molecule has 1 aromatic carbocycles.